The van der Waals surface area contributed by atoms with Gasteiger partial charge in [-0.1, -0.05) is 12.1 Å². The van der Waals surface area contributed by atoms with Crippen molar-refractivity contribution in [3.63, 3.8) is 0 Å². The highest BCUT2D eigenvalue weighted by molar-refractivity contribution is 8.03. The zero-order valence-electron chi connectivity index (χ0n) is 8.78. The van der Waals surface area contributed by atoms with Gasteiger partial charge in [0.1, 0.15) is 5.82 Å². The summed E-state index contributed by atoms with van der Waals surface area (Å²) in [5, 5.41) is 0. The number of hydrogen-bond donors (Lipinski definition) is 1. The van der Waals surface area contributed by atoms with Gasteiger partial charge in [0.15, 0.2) is 0 Å². The maximum absolute atomic E-state index is 13.2. The molecular formula is C11H16FNS2. The molecule has 0 saturated heterocycles. The molecule has 1 aromatic rings. The molecule has 0 heterocycles. The first kappa shape index (κ1) is 12.9. The van der Waals surface area contributed by atoms with Crippen LogP contribution >= 0.6 is 23.5 Å². The minimum atomic E-state index is -0.125. The molecule has 0 aliphatic carbocycles. The molecule has 0 saturated carbocycles. The Morgan fingerprint density at radius 1 is 1.33 bits per heavy atom. The van der Waals surface area contributed by atoms with Crippen molar-refractivity contribution in [3.8, 4) is 0 Å². The molecule has 1 rings (SSSR count). The molecule has 2 N–H and O–H groups in total. The average molecular weight is 245 g/mol. The molecule has 15 heavy (non-hydrogen) atoms. The SMILES string of the molecule is CC(N)CSCCSc1ccccc1F. The van der Waals surface area contributed by atoms with Crippen LogP contribution in [0.4, 0.5) is 4.39 Å². The third-order valence-electron chi connectivity index (χ3n) is 1.70. The first-order chi connectivity index (χ1) is 7.20. The molecule has 0 amide bonds. The Morgan fingerprint density at radius 3 is 2.73 bits per heavy atom. The van der Waals surface area contributed by atoms with Gasteiger partial charge < -0.3 is 5.73 Å². The van der Waals surface area contributed by atoms with Gasteiger partial charge in [0.2, 0.25) is 0 Å². The summed E-state index contributed by atoms with van der Waals surface area (Å²) in [5.41, 5.74) is 5.62. The Balaban J connectivity index is 2.18. The van der Waals surface area contributed by atoms with E-state index in [1.165, 1.54) is 6.07 Å². The zero-order chi connectivity index (χ0) is 11.1. The predicted molar refractivity (Wildman–Crippen MR) is 68.1 cm³/mol. The Labute approximate surface area is 99.0 Å². The summed E-state index contributed by atoms with van der Waals surface area (Å²) in [6.07, 6.45) is 0. The number of thioether (sulfide) groups is 2. The van der Waals surface area contributed by atoms with Crippen LogP contribution in [0, 0.1) is 5.82 Å². The summed E-state index contributed by atoms with van der Waals surface area (Å²) < 4.78 is 13.2. The first-order valence-corrected chi connectivity index (χ1v) is 7.05. The zero-order valence-corrected chi connectivity index (χ0v) is 10.4. The van der Waals surface area contributed by atoms with E-state index in [2.05, 4.69) is 0 Å². The van der Waals surface area contributed by atoms with Crippen molar-refractivity contribution in [2.45, 2.75) is 17.9 Å². The quantitative estimate of drug-likeness (QED) is 0.616. The minimum Gasteiger partial charge on any atom is -0.327 e. The Hall–Kier alpha value is -0.190. The Kier molecular flexibility index (Phi) is 6.13. The van der Waals surface area contributed by atoms with E-state index in [9.17, 15) is 4.39 Å². The van der Waals surface area contributed by atoms with Crippen LogP contribution in [0.5, 0.6) is 0 Å². The van der Waals surface area contributed by atoms with Gasteiger partial charge in [-0.2, -0.15) is 11.8 Å². The van der Waals surface area contributed by atoms with Crippen LogP contribution in [0.15, 0.2) is 29.2 Å². The number of nitrogens with two attached hydrogens (primary N) is 1. The van der Waals surface area contributed by atoms with Crippen LogP contribution in [0.25, 0.3) is 0 Å². The molecule has 0 aliphatic rings. The van der Waals surface area contributed by atoms with Crippen molar-refractivity contribution in [1.29, 1.82) is 0 Å². The Morgan fingerprint density at radius 2 is 2.07 bits per heavy atom. The number of rotatable bonds is 6. The van der Waals surface area contributed by atoms with Crippen LogP contribution < -0.4 is 5.73 Å². The van der Waals surface area contributed by atoms with Gasteiger partial charge in [-0.05, 0) is 19.1 Å². The van der Waals surface area contributed by atoms with Gasteiger partial charge in [-0.25, -0.2) is 4.39 Å². The normalized spacial score (nSPS) is 12.7. The first-order valence-electron chi connectivity index (χ1n) is 4.91. The molecule has 1 atom stereocenters. The molecule has 4 heteroatoms. The summed E-state index contributed by atoms with van der Waals surface area (Å²) in [4.78, 5) is 0.735. The van der Waals surface area contributed by atoms with Gasteiger partial charge in [-0.15, -0.1) is 11.8 Å². The standard InChI is InChI=1S/C11H16FNS2/c1-9(13)8-14-6-7-15-11-5-3-2-4-10(11)12/h2-5,9H,6-8,13H2,1H3. The second-order valence-corrected chi connectivity index (χ2v) is 5.62. The molecule has 0 bridgehead atoms. The molecule has 0 aliphatic heterocycles. The monoisotopic (exact) mass is 245 g/mol. The van der Waals surface area contributed by atoms with Gasteiger partial charge >= 0.3 is 0 Å². The summed E-state index contributed by atoms with van der Waals surface area (Å²) >= 11 is 3.38. The van der Waals surface area contributed by atoms with Crippen molar-refractivity contribution < 1.29 is 4.39 Å². The smallest absolute Gasteiger partial charge is 0.136 e. The van der Waals surface area contributed by atoms with Crippen molar-refractivity contribution in [2.24, 2.45) is 5.73 Å². The van der Waals surface area contributed by atoms with E-state index in [0.29, 0.717) is 0 Å². The predicted octanol–water partition coefficient (Wildman–Crippen LogP) is 3.00. The lowest BCUT2D eigenvalue weighted by Crippen LogP contribution is -2.17. The van der Waals surface area contributed by atoms with E-state index >= 15 is 0 Å². The highest BCUT2D eigenvalue weighted by atomic mass is 32.2. The molecular weight excluding hydrogens is 229 g/mol. The fourth-order valence-electron chi connectivity index (χ4n) is 1.04. The average Bonchev–Trinajstić information content (AvgIpc) is 2.20. The summed E-state index contributed by atoms with van der Waals surface area (Å²) in [6, 6.07) is 7.13. The lowest BCUT2D eigenvalue weighted by atomic mass is 10.3. The molecule has 0 fully saturated rings. The van der Waals surface area contributed by atoms with Gasteiger partial charge in [0.05, 0.1) is 0 Å². The van der Waals surface area contributed by atoms with Crippen molar-refractivity contribution in [3.05, 3.63) is 30.1 Å². The van der Waals surface area contributed by atoms with Gasteiger partial charge in [0, 0.05) is 28.2 Å². The van der Waals surface area contributed by atoms with Gasteiger partial charge in [-0.3, -0.25) is 0 Å². The fraction of sp³-hybridized carbons (Fsp3) is 0.455. The maximum Gasteiger partial charge on any atom is 0.136 e. The lowest BCUT2D eigenvalue weighted by molar-refractivity contribution is 0.602. The highest BCUT2D eigenvalue weighted by Crippen LogP contribution is 2.22. The topological polar surface area (TPSA) is 26.0 Å². The second kappa shape index (κ2) is 7.14. The van der Waals surface area contributed by atoms with E-state index in [-0.39, 0.29) is 11.9 Å². The molecule has 0 aromatic heterocycles. The van der Waals surface area contributed by atoms with Crippen LogP contribution in [0.2, 0.25) is 0 Å². The molecule has 0 radical (unpaired) electrons. The van der Waals surface area contributed by atoms with E-state index in [4.69, 9.17) is 5.73 Å². The van der Waals surface area contributed by atoms with E-state index in [0.717, 1.165) is 22.2 Å². The van der Waals surface area contributed by atoms with Crippen LogP contribution in [0.1, 0.15) is 6.92 Å². The van der Waals surface area contributed by atoms with Crippen molar-refractivity contribution >= 4 is 23.5 Å². The summed E-state index contributed by atoms with van der Waals surface area (Å²) in [6.45, 7) is 2.00. The van der Waals surface area contributed by atoms with Crippen LogP contribution in [0.3, 0.4) is 0 Å². The van der Waals surface area contributed by atoms with Crippen LogP contribution in [-0.2, 0) is 0 Å². The third-order valence-corrected chi connectivity index (χ3v) is 4.27. The second-order valence-electron chi connectivity index (χ2n) is 3.33. The fourth-order valence-corrected chi connectivity index (χ4v) is 2.99. The van der Waals surface area contributed by atoms with Crippen molar-refractivity contribution in [1.82, 2.24) is 0 Å². The number of hydrogen-bond acceptors (Lipinski definition) is 3. The summed E-state index contributed by atoms with van der Waals surface area (Å²) in [7, 11) is 0. The van der Waals surface area contributed by atoms with Crippen LogP contribution in [-0.4, -0.2) is 23.3 Å². The van der Waals surface area contributed by atoms with Crippen molar-refractivity contribution in [2.75, 3.05) is 17.3 Å². The largest absolute Gasteiger partial charge is 0.327 e. The highest BCUT2D eigenvalue weighted by Gasteiger charge is 2.01. The van der Waals surface area contributed by atoms with E-state index in [1.54, 1.807) is 17.8 Å². The molecule has 1 aromatic carbocycles. The molecule has 1 unspecified atom stereocenters. The Bertz CT molecular complexity index is 292. The van der Waals surface area contributed by atoms with Gasteiger partial charge in [0.25, 0.3) is 0 Å². The third kappa shape index (κ3) is 5.44. The number of halogens is 1. The molecule has 1 nitrogen and oxygen atoms in total. The molecule has 84 valence electrons. The van der Waals surface area contributed by atoms with E-state index < -0.39 is 0 Å². The lowest BCUT2D eigenvalue weighted by Gasteiger charge is -2.05. The maximum atomic E-state index is 13.2. The van der Waals surface area contributed by atoms with E-state index in [1.807, 2.05) is 30.8 Å². The minimum absolute atomic E-state index is 0.125. The molecule has 0 spiro atoms. The number of benzene rings is 1. The summed E-state index contributed by atoms with van der Waals surface area (Å²) in [5.74, 6) is 2.79.